The molecule has 1 heterocycles. The molecule has 0 bridgehead atoms. The number of anilines is 1. The Hall–Kier alpha value is -2.45. The standard InChI is InChI=1S/C21H25FN2O4S/c1-28-20-11-10-17(29(26,27)24-12-6-2-3-7-13-24)15-19(20)23-21(25)14-16-8-4-5-9-18(16)22/h4-5,8-11,15H,2-3,6-7,12-14H2,1H3,(H,23,25). The summed E-state index contributed by atoms with van der Waals surface area (Å²) < 4.78 is 46.6. The van der Waals surface area contributed by atoms with Gasteiger partial charge in [-0.1, -0.05) is 31.0 Å². The van der Waals surface area contributed by atoms with Crippen LogP contribution in [0.4, 0.5) is 10.1 Å². The quantitative estimate of drug-likeness (QED) is 0.775. The van der Waals surface area contributed by atoms with Crippen LogP contribution in [-0.2, 0) is 21.2 Å². The van der Waals surface area contributed by atoms with E-state index in [4.69, 9.17) is 4.74 Å². The summed E-state index contributed by atoms with van der Waals surface area (Å²) in [6.45, 7) is 0.979. The number of sulfonamides is 1. The summed E-state index contributed by atoms with van der Waals surface area (Å²) in [5, 5.41) is 2.65. The number of benzene rings is 2. The summed E-state index contributed by atoms with van der Waals surface area (Å²) in [6, 6.07) is 10.4. The molecule has 0 unspecified atom stereocenters. The fourth-order valence-corrected chi connectivity index (χ4v) is 4.93. The molecule has 0 saturated carbocycles. The minimum atomic E-state index is -3.67. The molecular formula is C21H25FN2O4S. The Balaban J connectivity index is 1.83. The number of amides is 1. The molecule has 0 radical (unpaired) electrons. The molecule has 2 aromatic rings. The van der Waals surface area contributed by atoms with Crippen molar-refractivity contribution in [2.75, 3.05) is 25.5 Å². The monoisotopic (exact) mass is 420 g/mol. The van der Waals surface area contributed by atoms with Crippen LogP contribution in [0.3, 0.4) is 0 Å². The number of ether oxygens (including phenoxy) is 1. The van der Waals surface area contributed by atoms with Gasteiger partial charge in [0.1, 0.15) is 11.6 Å². The number of halogens is 1. The molecule has 0 aromatic heterocycles. The summed E-state index contributed by atoms with van der Waals surface area (Å²) in [6.07, 6.45) is 3.54. The third-order valence-electron chi connectivity index (χ3n) is 4.96. The van der Waals surface area contributed by atoms with E-state index >= 15 is 0 Å². The van der Waals surface area contributed by atoms with Gasteiger partial charge in [0.2, 0.25) is 15.9 Å². The van der Waals surface area contributed by atoms with Crippen LogP contribution in [0.1, 0.15) is 31.2 Å². The summed E-state index contributed by atoms with van der Waals surface area (Å²) in [5.41, 5.74) is 0.502. The molecule has 0 atom stereocenters. The maximum atomic E-state index is 13.8. The number of carbonyl (C=O) groups excluding carboxylic acids is 1. The zero-order valence-electron chi connectivity index (χ0n) is 16.4. The third kappa shape index (κ3) is 5.13. The molecule has 2 aromatic carbocycles. The Morgan fingerprint density at radius 2 is 1.79 bits per heavy atom. The van der Waals surface area contributed by atoms with Crippen LogP contribution < -0.4 is 10.1 Å². The van der Waals surface area contributed by atoms with Gasteiger partial charge in [0.15, 0.2) is 0 Å². The van der Waals surface area contributed by atoms with Gasteiger partial charge in [-0.15, -0.1) is 0 Å². The lowest BCUT2D eigenvalue weighted by atomic mass is 10.1. The molecule has 6 nitrogen and oxygen atoms in total. The molecule has 3 rings (SSSR count). The fraction of sp³-hybridized carbons (Fsp3) is 0.381. The van der Waals surface area contributed by atoms with Crippen molar-refractivity contribution in [2.24, 2.45) is 0 Å². The SMILES string of the molecule is COc1ccc(S(=O)(=O)N2CCCCCC2)cc1NC(=O)Cc1ccccc1F. The number of rotatable bonds is 6. The molecule has 1 saturated heterocycles. The number of methoxy groups -OCH3 is 1. The van der Waals surface area contributed by atoms with E-state index in [1.165, 1.54) is 41.7 Å². The molecule has 8 heteroatoms. The first-order valence-corrected chi connectivity index (χ1v) is 11.1. The lowest BCUT2D eigenvalue weighted by Gasteiger charge is -2.21. The first kappa shape index (κ1) is 21.3. The second-order valence-electron chi connectivity index (χ2n) is 7.00. The van der Waals surface area contributed by atoms with Crippen molar-refractivity contribution in [1.29, 1.82) is 0 Å². The van der Waals surface area contributed by atoms with Crippen molar-refractivity contribution in [3.8, 4) is 5.75 Å². The number of carbonyl (C=O) groups is 1. The zero-order chi connectivity index (χ0) is 20.9. The second kappa shape index (κ2) is 9.37. The molecular weight excluding hydrogens is 395 g/mol. The van der Waals surface area contributed by atoms with Crippen molar-refractivity contribution in [1.82, 2.24) is 4.31 Å². The van der Waals surface area contributed by atoms with Crippen molar-refractivity contribution < 1.29 is 22.3 Å². The van der Waals surface area contributed by atoms with Gasteiger partial charge in [-0.05, 0) is 42.7 Å². The fourth-order valence-electron chi connectivity index (χ4n) is 3.39. The van der Waals surface area contributed by atoms with E-state index in [-0.39, 0.29) is 22.6 Å². The van der Waals surface area contributed by atoms with E-state index in [1.54, 1.807) is 12.1 Å². The van der Waals surface area contributed by atoms with Crippen LogP contribution in [0.2, 0.25) is 0 Å². The molecule has 29 heavy (non-hydrogen) atoms. The summed E-state index contributed by atoms with van der Waals surface area (Å²) in [4.78, 5) is 12.5. The van der Waals surface area contributed by atoms with E-state index in [0.717, 1.165) is 25.7 Å². The maximum Gasteiger partial charge on any atom is 0.243 e. The highest BCUT2D eigenvalue weighted by molar-refractivity contribution is 7.89. The number of hydrogen-bond acceptors (Lipinski definition) is 4. The highest BCUT2D eigenvalue weighted by Crippen LogP contribution is 2.30. The van der Waals surface area contributed by atoms with Crippen LogP contribution in [0.5, 0.6) is 5.75 Å². The van der Waals surface area contributed by atoms with Gasteiger partial charge in [0, 0.05) is 13.1 Å². The highest BCUT2D eigenvalue weighted by Gasteiger charge is 2.26. The maximum absolute atomic E-state index is 13.8. The van der Waals surface area contributed by atoms with Crippen molar-refractivity contribution in [3.63, 3.8) is 0 Å². The van der Waals surface area contributed by atoms with Gasteiger partial charge in [-0.3, -0.25) is 4.79 Å². The largest absolute Gasteiger partial charge is 0.495 e. The topological polar surface area (TPSA) is 75.7 Å². The molecule has 1 amide bonds. The molecule has 1 aliphatic rings. The van der Waals surface area contributed by atoms with E-state index in [1.807, 2.05) is 0 Å². The Labute approximate surface area is 170 Å². The number of nitrogens with one attached hydrogen (secondary N) is 1. The van der Waals surface area contributed by atoms with E-state index in [0.29, 0.717) is 18.8 Å². The van der Waals surface area contributed by atoms with Crippen LogP contribution in [-0.4, -0.2) is 38.8 Å². The molecule has 1 N–H and O–H groups in total. The third-order valence-corrected chi connectivity index (χ3v) is 6.85. The molecule has 0 aliphatic carbocycles. The first-order valence-electron chi connectivity index (χ1n) is 9.63. The Kier molecular flexibility index (Phi) is 6.87. The van der Waals surface area contributed by atoms with Crippen LogP contribution in [0, 0.1) is 5.82 Å². The lowest BCUT2D eigenvalue weighted by molar-refractivity contribution is -0.115. The van der Waals surface area contributed by atoms with Gasteiger partial charge in [0.25, 0.3) is 0 Å². The Bertz CT molecular complexity index is 970. The summed E-state index contributed by atoms with van der Waals surface area (Å²) >= 11 is 0. The Morgan fingerprint density at radius 1 is 1.10 bits per heavy atom. The van der Waals surface area contributed by atoms with Gasteiger partial charge in [-0.25, -0.2) is 12.8 Å². The minimum Gasteiger partial charge on any atom is -0.495 e. The zero-order valence-corrected chi connectivity index (χ0v) is 17.2. The lowest BCUT2D eigenvalue weighted by Crippen LogP contribution is -2.32. The second-order valence-corrected chi connectivity index (χ2v) is 8.93. The van der Waals surface area contributed by atoms with Crippen molar-refractivity contribution in [2.45, 2.75) is 37.0 Å². The normalized spacial score (nSPS) is 15.5. The van der Waals surface area contributed by atoms with Crippen LogP contribution in [0.25, 0.3) is 0 Å². The first-order chi connectivity index (χ1) is 13.9. The number of hydrogen-bond donors (Lipinski definition) is 1. The predicted molar refractivity (Wildman–Crippen MR) is 109 cm³/mol. The average Bonchev–Trinajstić information content (AvgIpc) is 3.00. The van der Waals surface area contributed by atoms with Crippen LogP contribution >= 0.6 is 0 Å². The van der Waals surface area contributed by atoms with Crippen LogP contribution in [0.15, 0.2) is 47.4 Å². The summed E-state index contributed by atoms with van der Waals surface area (Å²) in [5.74, 6) is -0.591. The van der Waals surface area contributed by atoms with E-state index < -0.39 is 21.7 Å². The van der Waals surface area contributed by atoms with Gasteiger partial charge in [-0.2, -0.15) is 4.31 Å². The van der Waals surface area contributed by atoms with Gasteiger partial charge in [0.05, 0.1) is 24.1 Å². The summed E-state index contributed by atoms with van der Waals surface area (Å²) in [7, 11) is -2.23. The minimum absolute atomic E-state index is 0.0985. The average molecular weight is 421 g/mol. The van der Waals surface area contributed by atoms with Gasteiger partial charge < -0.3 is 10.1 Å². The Morgan fingerprint density at radius 3 is 2.45 bits per heavy atom. The van der Waals surface area contributed by atoms with Crippen molar-refractivity contribution in [3.05, 3.63) is 53.8 Å². The predicted octanol–water partition coefficient (Wildman–Crippen LogP) is 3.58. The van der Waals surface area contributed by atoms with E-state index in [9.17, 15) is 17.6 Å². The highest BCUT2D eigenvalue weighted by atomic mass is 32.2. The van der Waals surface area contributed by atoms with Gasteiger partial charge >= 0.3 is 0 Å². The number of nitrogens with zero attached hydrogens (tertiary/aromatic N) is 1. The van der Waals surface area contributed by atoms with Crippen molar-refractivity contribution >= 4 is 21.6 Å². The molecule has 1 aliphatic heterocycles. The smallest absolute Gasteiger partial charge is 0.243 e. The van der Waals surface area contributed by atoms with E-state index in [2.05, 4.69) is 5.32 Å². The molecule has 1 fully saturated rings. The molecule has 156 valence electrons. The molecule has 0 spiro atoms.